The standard InChI is InChI=1S/C11H20ClNO3/c1-8(2)7-9(11(15)16)13-10(14)5-3-4-6-12/h8-9H,3-7H2,1-2H3,(H,13,14)(H,15,16). The Morgan fingerprint density at radius 2 is 1.94 bits per heavy atom. The molecule has 0 spiro atoms. The summed E-state index contributed by atoms with van der Waals surface area (Å²) in [6.07, 6.45) is 2.27. The zero-order valence-corrected chi connectivity index (χ0v) is 10.6. The lowest BCUT2D eigenvalue weighted by Crippen LogP contribution is -2.41. The van der Waals surface area contributed by atoms with Gasteiger partial charge in [0.2, 0.25) is 5.91 Å². The van der Waals surface area contributed by atoms with Crippen LogP contribution in [0.25, 0.3) is 0 Å². The molecule has 0 heterocycles. The molecule has 2 N–H and O–H groups in total. The molecular formula is C11H20ClNO3. The van der Waals surface area contributed by atoms with Crippen LogP contribution in [0, 0.1) is 5.92 Å². The van der Waals surface area contributed by atoms with Crippen LogP contribution in [0.3, 0.4) is 0 Å². The molecule has 0 saturated carbocycles. The highest BCUT2D eigenvalue weighted by Crippen LogP contribution is 2.06. The monoisotopic (exact) mass is 249 g/mol. The number of carbonyl (C=O) groups excluding carboxylic acids is 1. The van der Waals surface area contributed by atoms with Crippen LogP contribution in [0.15, 0.2) is 0 Å². The SMILES string of the molecule is CC(C)CC(NC(=O)CCCCCl)C(=O)O. The first-order valence-electron chi connectivity index (χ1n) is 5.55. The molecule has 0 aliphatic heterocycles. The minimum absolute atomic E-state index is 0.210. The number of halogens is 1. The molecule has 5 heteroatoms. The van der Waals surface area contributed by atoms with Crippen LogP contribution < -0.4 is 5.32 Å². The number of nitrogens with one attached hydrogen (secondary N) is 1. The highest BCUT2D eigenvalue weighted by Gasteiger charge is 2.20. The topological polar surface area (TPSA) is 66.4 Å². The molecule has 4 nitrogen and oxygen atoms in total. The Hall–Kier alpha value is -0.770. The van der Waals surface area contributed by atoms with E-state index in [4.69, 9.17) is 16.7 Å². The van der Waals surface area contributed by atoms with E-state index in [0.29, 0.717) is 25.1 Å². The van der Waals surface area contributed by atoms with Crippen molar-refractivity contribution in [3.05, 3.63) is 0 Å². The number of amides is 1. The Morgan fingerprint density at radius 3 is 2.38 bits per heavy atom. The fraction of sp³-hybridized carbons (Fsp3) is 0.818. The maximum absolute atomic E-state index is 11.4. The van der Waals surface area contributed by atoms with Gasteiger partial charge in [-0.1, -0.05) is 13.8 Å². The fourth-order valence-electron chi connectivity index (χ4n) is 1.34. The Labute approximate surface area is 101 Å². The van der Waals surface area contributed by atoms with Gasteiger partial charge in [0.05, 0.1) is 0 Å². The quantitative estimate of drug-likeness (QED) is 0.511. The number of carbonyl (C=O) groups is 2. The van der Waals surface area contributed by atoms with Crippen molar-refractivity contribution in [1.29, 1.82) is 0 Å². The average Bonchev–Trinajstić information content (AvgIpc) is 2.16. The second-order valence-electron chi connectivity index (χ2n) is 4.23. The molecule has 0 rings (SSSR count). The highest BCUT2D eigenvalue weighted by molar-refractivity contribution is 6.17. The van der Waals surface area contributed by atoms with Crippen LogP contribution in [-0.2, 0) is 9.59 Å². The van der Waals surface area contributed by atoms with Gasteiger partial charge < -0.3 is 10.4 Å². The lowest BCUT2D eigenvalue weighted by Gasteiger charge is -2.16. The van der Waals surface area contributed by atoms with Gasteiger partial charge in [-0.3, -0.25) is 4.79 Å². The molecule has 1 unspecified atom stereocenters. The van der Waals surface area contributed by atoms with E-state index in [1.165, 1.54) is 0 Å². The zero-order chi connectivity index (χ0) is 12.6. The van der Waals surface area contributed by atoms with Gasteiger partial charge >= 0.3 is 5.97 Å². The van der Waals surface area contributed by atoms with Gasteiger partial charge in [0.15, 0.2) is 0 Å². The van der Waals surface area contributed by atoms with Crippen LogP contribution in [0.1, 0.15) is 39.5 Å². The molecule has 16 heavy (non-hydrogen) atoms. The summed E-state index contributed by atoms with van der Waals surface area (Å²) in [5.74, 6) is -0.413. The summed E-state index contributed by atoms with van der Waals surface area (Å²) in [6.45, 7) is 3.85. The predicted octanol–water partition coefficient (Wildman–Crippen LogP) is 2.01. The lowest BCUT2D eigenvalue weighted by atomic mass is 10.0. The predicted molar refractivity (Wildman–Crippen MR) is 63.6 cm³/mol. The summed E-state index contributed by atoms with van der Waals surface area (Å²) in [5, 5.41) is 11.4. The summed E-state index contributed by atoms with van der Waals surface area (Å²) in [6, 6.07) is -0.775. The summed E-state index contributed by atoms with van der Waals surface area (Å²) in [5.41, 5.74) is 0. The number of carboxylic acid groups (broad SMARTS) is 1. The van der Waals surface area contributed by atoms with Crippen molar-refractivity contribution >= 4 is 23.5 Å². The van der Waals surface area contributed by atoms with Crippen molar-refractivity contribution in [1.82, 2.24) is 5.32 Å². The maximum atomic E-state index is 11.4. The van der Waals surface area contributed by atoms with E-state index in [2.05, 4.69) is 5.32 Å². The minimum Gasteiger partial charge on any atom is -0.480 e. The molecule has 0 aromatic rings. The first kappa shape index (κ1) is 15.2. The maximum Gasteiger partial charge on any atom is 0.326 e. The molecule has 1 atom stereocenters. The van der Waals surface area contributed by atoms with E-state index in [0.717, 1.165) is 6.42 Å². The molecule has 0 fully saturated rings. The zero-order valence-electron chi connectivity index (χ0n) is 9.83. The number of aliphatic carboxylic acids is 1. The molecule has 1 amide bonds. The van der Waals surface area contributed by atoms with Crippen LogP contribution in [0.2, 0.25) is 0 Å². The van der Waals surface area contributed by atoms with Crippen LogP contribution >= 0.6 is 11.6 Å². The molecule has 0 bridgehead atoms. The summed E-state index contributed by atoms with van der Waals surface area (Å²) in [7, 11) is 0. The molecule has 0 aromatic heterocycles. The Balaban J connectivity index is 3.98. The smallest absolute Gasteiger partial charge is 0.326 e. The molecule has 0 aliphatic carbocycles. The van der Waals surface area contributed by atoms with E-state index in [1.807, 2.05) is 13.8 Å². The van der Waals surface area contributed by atoms with Crippen molar-refractivity contribution in [2.45, 2.75) is 45.6 Å². The number of unbranched alkanes of at least 4 members (excludes halogenated alkanes) is 1. The Kier molecular flexibility index (Phi) is 7.99. The number of rotatable bonds is 8. The normalized spacial score (nSPS) is 12.5. The van der Waals surface area contributed by atoms with E-state index < -0.39 is 12.0 Å². The van der Waals surface area contributed by atoms with Crippen LogP contribution in [0.4, 0.5) is 0 Å². The van der Waals surface area contributed by atoms with Gasteiger partial charge in [0.25, 0.3) is 0 Å². The van der Waals surface area contributed by atoms with Crippen LogP contribution in [0.5, 0.6) is 0 Å². The first-order chi connectivity index (χ1) is 7.47. The summed E-state index contributed by atoms with van der Waals surface area (Å²) in [4.78, 5) is 22.3. The van der Waals surface area contributed by atoms with Crippen molar-refractivity contribution in [3.63, 3.8) is 0 Å². The third-order valence-corrected chi connectivity index (χ3v) is 2.40. The lowest BCUT2D eigenvalue weighted by molar-refractivity contribution is -0.142. The van der Waals surface area contributed by atoms with Gasteiger partial charge in [-0.05, 0) is 25.2 Å². The molecule has 0 aromatic carbocycles. The van der Waals surface area contributed by atoms with Crippen molar-refractivity contribution < 1.29 is 14.7 Å². The van der Waals surface area contributed by atoms with Gasteiger partial charge in [-0.25, -0.2) is 4.79 Å². The van der Waals surface area contributed by atoms with E-state index in [1.54, 1.807) is 0 Å². The molecule has 0 radical (unpaired) electrons. The number of carboxylic acids is 1. The minimum atomic E-state index is -0.973. The van der Waals surface area contributed by atoms with E-state index in [-0.39, 0.29) is 11.8 Å². The summed E-state index contributed by atoms with van der Waals surface area (Å²) >= 11 is 5.48. The second-order valence-corrected chi connectivity index (χ2v) is 4.61. The number of hydrogen-bond donors (Lipinski definition) is 2. The van der Waals surface area contributed by atoms with Crippen molar-refractivity contribution in [2.24, 2.45) is 5.92 Å². The third-order valence-electron chi connectivity index (χ3n) is 2.13. The van der Waals surface area contributed by atoms with Crippen LogP contribution in [-0.4, -0.2) is 28.9 Å². The largest absolute Gasteiger partial charge is 0.480 e. The third kappa shape index (κ3) is 7.51. The Morgan fingerprint density at radius 1 is 1.31 bits per heavy atom. The second kappa shape index (κ2) is 8.39. The first-order valence-corrected chi connectivity index (χ1v) is 6.09. The van der Waals surface area contributed by atoms with Crippen molar-refractivity contribution in [3.8, 4) is 0 Å². The van der Waals surface area contributed by atoms with E-state index in [9.17, 15) is 9.59 Å². The number of alkyl halides is 1. The van der Waals surface area contributed by atoms with Gasteiger partial charge in [-0.2, -0.15) is 0 Å². The Bertz CT molecular complexity index is 231. The fourth-order valence-corrected chi connectivity index (χ4v) is 1.53. The summed E-state index contributed by atoms with van der Waals surface area (Å²) < 4.78 is 0. The molecule has 0 saturated heterocycles. The molecule has 94 valence electrons. The average molecular weight is 250 g/mol. The van der Waals surface area contributed by atoms with Gasteiger partial charge in [-0.15, -0.1) is 11.6 Å². The molecular weight excluding hydrogens is 230 g/mol. The van der Waals surface area contributed by atoms with Crippen molar-refractivity contribution in [2.75, 3.05) is 5.88 Å². The van der Waals surface area contributed by atoms with E-state index >= 15 is 0 Å². The highest BCUT2D eigenvalue weighted by atomic mass is 35.5. The van der Waals surface area contributed by atoms with Gasteiger partial charge in [0, 0.05) is 12.3 Å². The molecule has 0 aliphatic rings. The van der Waals surface area contributed by atoms with Gasteiger partial charge in [0.1, 0.15) is 6.04 Å². The number of hydrogen-bond acceptors (Lipinski definition) is 2.